The molecule has 1 aromatic carbocycles. The standard InChI is InChI=1S/C24H36N4O/c1-19-4-2-15-27(19)22-9-17-26(18-22)20-5-7-21(8-6-20)28-16-3-10-24(23(28)29)11-13-25-14-12-24/h5-8,19,22,25H,2-4,9-18H2,1H3. The van der Waals surface area contributed by atoms with E-state index in [1.165, 1.54) is 31.5 Å². The molecule has 0 aromatic heterocycles. The number of piperidine rings is 2. The van der Waals surface area contributed by atoms with Crippen LogP contribution in [0, 0.1) is 5.41 Å². The van der Waals surface area contributed by atoms with Gasteiger partial charge in [0.15, 0.2) is 0 Å². The van der Waals surface area contributed by atoms with Gasteiger partial charge < -0.3 is 15.1 Å². The van der Waals surface area contributed by atoms with Crippen LogP contribution in [0.1, 0.15) is 51.9 Å². The van der Waals surface area contributed by atoms with Crippen LogP contribution in [0.3, 0.4) is 0 Å². The predicted octanol–water partition coefficient (Wildman–Crippen LogP) is 3.25. The van der Waals surface area contributed by atoms with Gasteiger partial charge in [-0.3, -0.25) is 9.69 Å². The van der Waals surface area contributed by atoms with Gasteiger partial charge in [-0.1, -0.05) is 0 Å². The van der Waals surface area contributed by atoms with Crippen LogP contribution in [0.25, 0.3) is 0 Å². The van der Waals surface area contributed by atoms with Gasteiger partial charge in [0.05, 0.1) is 5.41 Å². The Morgan fingerprint density at radius 2 is 1.69 bits per heavy atom. The summed E-state index contributed by atoms with van der Waals surface area (Å²) in [6, 6.07) is 10.3. The highest BCUT2D eigenvalue weighted by Gasteiger charge is 2.44. The molecule has 4 fully saturated rings. The van der Waals surface area contributed by atoms with Crippen molar-refractivity contribution in [2.24, 2.45) is 5.41 Å². The van der Waals surface area contributed by atoms with E-state index in [9.17, 15) is 4.79 Å². The lowest BCUT2D eigenvalue weighted by atomic mass is 9.72. The zero-order valence-electron chi connectivity index (χ0n) is 17.9. The Labute approximate surface area is 175 Å². The van der Waals surface area contributed by atoms with Crippen molar-refractivity contribution in [3.05, 3.63) is 24.3 Å². The maximum absolute atomic E-state index is 13.3. The average Bonchev–Trinajstić information content (AvgIpc) is 3.40. The molecule has 5 nitrogen and oxygen atoms in total. The Hall–Kier alpha value is -1.59. The van der Waals surface area contributed by atoms with Gasteiger partial charge in [-0.15, -0.1) is 0 Å². The Balaban J connectivity index is 1.26. The minimum atomic E-state index is -0.114. The number of nitrogens with zero attached hydrogens (tertiary/aromatic N) is 3. The van der Waals surface area contributed by atoms with Gasteiger partial charge in [-0.25, -0.2) is 0 Å². The normalized spacial score (nSPS) is 30.4. The van der Waals surface area contributed by atoms with Crippen LogP contribution in [0.15, 0.2) is 24.3 Å². The zero-order valence-corrected chi connectivity index (χ0v) is 17.9. The molecule has 4 heterocycles. The van der Waals surface area contributed by atoms with Crippen LogP contribution in [-0.4, -0.2) is 62.2 Å². The number of anilines is 2. The number of rotatable bonds is 3. The quantitative estimate of drug-likeness (QED) is 0.851. The fraction of sp³-hybridized carbons (Fsp3) is 0.708. The summed E-state index contributed by atoms with van der Waals surface area (Å²) in [4.78, 5) is 20.7. The van der Waals surface area contributed by atoms with Gasteiger partial charge in [-0.05, 0) is 95.8 Å². The van der Waals surface area contributed by atoms with Crippen LogP contribution in [0.2, 0.25) is 0 Å². The lowest BCUT2D eigenvalue weighted by molar-refractivity contribution is -0.132. The number of nitrogens with one attached hydrogen (secondary N) is 1. The maximum Gasteiger partial charge on any atom is 0.233 e. The summed E-state index contributed by atoms with van der Waals surface area (Å²) in [6.07, 6.45) is 8.14. The fourth-order valence-electron chi connectivity index (χ4n) is 6.27. The second-order valence-corrected chi connectivity index (χ2v) is 9.72. The number of benzene rings is 1. The largest absolute Gasteiger partial charge is 0.370 e. The highest BCUT2D eigenvalue weighted by atomic mass is 16.2. The third kappa shape index (κ3) is 3.57. The lowest BCUT2D eigenvalue weighted by Gasteiger charge is -2.44. The van der Waals surface area contributed by atoms with Crippen molar-refractivity contribution in [3.63, 3.8) is 0 Å². The van der Waals surface area contributed by atoms with Crippen molar-refractivity contribution in [2.75, 3.05) is 49.1 Å². The van der Waals surface area contributed by atoms with Gasteiger partial charge in [-0.2, -0.15) is 0 Å². The van der Waals surface area contributed by atoms with E-state index >= 15 is 0 Å². The molecule has 0 aliphatic carbocycles. The van der Waals surface area contributed by atoms with Crippen molar-refractivity contribution >= 4 is 17.3 Å². The molecular weight excluding hydrogens is 360 g/mol. The minimum absolute atomic E-state index is 0.114. The summed E-state index contributed by atoms with van der Waals surface area (Å²) < 4.78 is 0. The number of carbonyl (C=O) groups is 1. The predicted molar refractivity (Wildman–Crippen MR) is 119 cm³/mol. The maximum atomic E-state index is 13.3. The summed E-state index contributed by atoms with van der Waals surface area (Å²) >= 11 is 0. The Morgan fingerprint density at radius 3 is 2.41 bits per heavy atom. The van der Waals surface area contributed by atoms with Crippen LogP contribution in [0.5, 0.6) is 0 Å². The van der Waals surface area contributed by atoms with Gasteiger partial charge in [0, 0.05) is 43.1 Å². The number of carbonyl (C=O) groups excluding carboxylic acids is 1. The van der Waals surface area contributed by atoms with E-state index in [0.717, 1.165) is 70.1 Å². The molecule has 1 spiro atoms. The van der Waals surface area contributed by atoms with Crippen LogP contribution >= 0.6 is 0 Å². The van der Waals surface area contributed by atoms with Gasteiger partial charge in [0.2, 0.25) is 5.91 Å². The van der Waals surface area contributed by atoms with Crippen LogP contribution < -0.4 is 15.1 Å². The summed E-state index contributed by atoms with van der Waals surface area (Å²) in [7, 11) is 0. The first-order valence-corrected chi connectivity index (χ1v) is 11.8. The topological polar surface area (TPSA) is 38.8 Å². The smallest absolute Gasteiger partial charge is 0.233 e. The highest BCUT2D eigenvalue weighted by molar-refractivity contribution is 5.98. The van der Waals surface area contributed by atoms with Crippen molar-refractivity contribution in [2.45, 2.75) is 64.0 Å². The Morgan fingerprint density at radius 1 is 0.931 bits per heavy atom. The van der Waals surface area contributed by atoms with Crippen molar-refractivity contribution < 1.29 is 4.79 Å². The van der Waals surface area contributed by atoms with E-state index in [1.807, 2.05) is 0 Å². The molecule has 4 saturated heterocycles. The van der Waals surface area contributed by atoms with E-state index in [0.29, 0.717) is 11.9 Å². The Kier molecular flexibility index (Phi) is 5.29. The summed E-state index contributed by atoms with van der Waals surface area (Å²) in [6.45, 7) is 8.76. The Bertz CT molecular complexity index is 721. The first-order valence-electron chi connectivity index (χ1n) is 11.8. The van der Waals surface area contributed by atoms with Crippen molar-refractivity contribution in [3.8, 4) is 0 Å². The minimum Gasteiger partial charge on any atom is -0.370 e. The molecule has 0 saturated carbocycles. The second kappa shape index (κ2) is 7.92. The molecule has 2 atom stereocenters. The summed E-state index contributed by atoms with van der Waals surface area (Å²) in [5.74, 6) is 0.363. The molecule has 158 valence electrons. The number of likely N-dealkylation sites (tertiary alicyclic amines) is 1. The first kappa shape index (κ1) is 19.4. The number of hydrogen-bond donors (Lipinski definition) is 1. The molecule has 1 amide bonds. The van der Waals surface area contributed by atoms with Gasteiger partial charge in [0.25, 0.3) is 0 Å². The molecular formula is C24H36N4O. The summed E-state index contributed by atoms with van der Waals surface area (Å²) in [5, 5.41) is 3.42. The molecule has 29 heavy (non-hydrogen) atoms. The third-order valence-electron chi connectivity index (χ3n) is 8.06. The number of amides is 1. The lowest BCUT2D eigenvalue weighted by Crippen LogP contribution is -2.53. The van der Waals surface area contributed by atoms with Gasteiger partial charge in [0.1, 0.15) is 0 Å². The van der Waals surface area contributed by atoms with Crippen LogP contribution in [-0.2, 0) is 4.79 Å². The molecule has 4 aliphatic heterocycles. The molecule has 1 aromatic rings. The molecule has 4 aliphatic rings. The van der Waals surface area contributed by atoms with E-state index in [1.54, 1.807) is 0 Å². The van der Waals surface area contributed by atoms with Crippen LogP contribution in [0.4, 0.5) is 11.4 Å². The third-order valence-corrected chi connectivity index (χ3v) is 8.06. The van der Waals surface area contributed by atoms with Gasteiger partial charge >= 0.3 is 0 Å². The molecule has 0 radical (unpaired) electrons. The SMILES string of the molecule is CC1CCCN1C1CCN(c2ccc(N3CCCC4(CCNCC4)C3=O)cc2)C1. The van der Waals surface area contributed by atoms with E-state index in [2.05, 4.69) is 51.2 Å². The summed E-state index contributed by atoms with van der Waals surface area (Å²) in [5.41, 5.74) is 2.28. The fourth-order valence-corrected chi connectivity index (χ4v) is 6.27. The molecule has 2 unspecified atom stereocenters. The molecule has 5 heteroatoms. The van der Waals surface area contributed by atoms with E-state index < -0.39 is 0 Å². The monoisotopic (exact) mass is 396 g/mol. The molecule has 0 bridgehead atoms. The van der Waals surface area contributed by atoms with Crippen molar-refractivity contribution in [1.82, 2.24) is 10.2 Å². The highest BCUT2D eigenvalue weighted by Crippen LogP contribution is 2.41. The van der Waals surface area contributed by atoms with E-state index in [-0.39, 0.29) is 5.41 Å². The average molecular weight is 397 g/mol. The molecule has 1 N–H and O–H groups in total. The van der Waals surface area contributed by atoms with E-state index in [4.69, 9.17) is 0 Å². The first-order chi connectivity index (χ1) is 14.2. The second-order valence-electron chi connectivity index (χ2n) is 9.72. The molecule has 5 rings (SSSR count). The number of hydrogen-bond acceptors (Lipinski definition) is 4. The van der Waals surface area contributed by atoms with Crippen molar-refractivity contribution in [1.29, 1.82) is 0 Å². The zero-order chi connectivity index (χ0) is 19.8.